The van der Waals surface area contributed by atoms with Gasteiger partial charge in [-0.3, -0.25) is 9.69 Å². The number of likely N-dealkylation sites (N-methyl/N-ethyl adjacent to an activating group) is 1. The fraction of sp³-hybridized carbons (Fsp3) is 0.611. The zero-order chi connectivity index (χ0) is 15.7. The molecule has 0 aromatic heterocycles. The molecule has 2 aliphatic rings. The molecule has 120 valence electrons. The first kappa shape index (κ1) is 15.5. The van der Waals surface area contributed by atoms with E-state index in [1.165, 1.54) is 12.8 Å². The maximum atomic E-state index is 12.7. The van der Waals surface area contributed by atoms with Crippen LogP contribution in [0.15, 0.2) is 30.3 Å². The summed E-state index contributed by atoms with van der Waals surface area (Å²) in [7, 11) is 2.18. The zero-order valence-corrected chi connectivity index (χ0v) is 13.5. The predicted molar refractivity (Wildman–Crippen MR) is 86.4 cm³/mol. The number of amides is 1. The van der Waals surface area contributed by atoms with Gasteiger partial charge in [0.1, 0.15) is 0 Å². The standard InChI is InChI=1S/C18H26N2O2/c1-18(22,14-6-4-3-5-7-14)12-17(21)20-11-10-15-8-9-16(13-20)19(15)2/h3-7,15-16,22H,8-13H2,1-2H3. The summed E-state index contributed by atoms with van der Waals surface area (Å²) in [5.41, 5.74) is -0.299. The number of hydrogen-bond donors (Lipinski definition) is 1. The number of nitrogens with zero attached hydrogens (tertiary/aromatic N) is 2. The summed E-state index contributed by atoms with van der Waals surface area (Å²) < 4.78 is 0. The minimum atomic E-state index is -1.10. The lowest BCUT2D eigenvalue weighted by Gasteiger charge is -2.30. The van der Waals surface area contributed by atoms with Gasteiger partial charge in [0, 0.05) is 25.2 Å². The molecule has 4 heteroatoms. The Bertz CT molecular complexity index is 529. The molecule has 3 rings (SSSR count). The summed E-state index contributed by atoms with van der Waals surface area (Å²) in [6, 6.07) is 10.6. The van der Waals surface area contributed by atoms with E-state index in [0.717, 1.165) is 25.1 Å². The molecule has 0 spiro atoms. The van der Waals surface area contributed by atoms with E-state index in [1.54, 1.807) is 6.92 Å². The molecule has 22 heavy (non-hydrogen) atoms. The van der Waals surface area contributed by atoms with Gasteiger partial charge >= 0.3 is 0 Å². The smallest absolute Gasteiger partial charge is 0.225 e. The minimum Gasteiger partial charge on any atom is -0.385 e. The topological polar surface area (TPSA) is 43.8 Å². The Labute approximate surface area is 132 Å². The van der Waals surface area contributed by atoms with Crippen LogP contribution in [0.2, 0.25) is 0 Å². The second kappa shape index (κ2) is 6.01. The molecule has 2 heterocycles. The first-order chi connectivity index (χ1) is 10.5. The van der Waals surface area contributed by atoms with Crippen LogP contribution in [-0.4, -0.2) is 53.0 Å². The van der Waals surface area contributed by atoms with Gasteiger partial charge in [0.2, 0.25) is 5.91 Å². The summed E-state index contributed by atoms with van der Waals surface area (Å²) in [5, 5.41) is 10.7. The van der Waals surface area contributed by atoms with Crippen molar-refractivity contribution in [2.24, 2.45) is 0 Å². The molecule has 0 saturated carbocycles. The molecule has 3 atom stereocenters. The number of likely N-dealkylation sites (tertiary alicyclic amines) is 1. The number of hydrogen-bond acceptors (Lipinski definition) is 3. The summed E-state index contributed by atoms with van der Waals surface area (Å²) in [4.78, 5) is 17.1. The second-order valence-corrected chi connectivity index (χ2v) is 7.00. The summed E-state index contributed by atoms with van der Waals surface area (Å²) in [6.07, 6.45) is 3.63. The largest absolute Gasteiger partial charge is 0.385 e. The maximum Gasteiger partial charge on any atom is 0.225 e. The van der Waals surface area contributed by atoms with E-state index in [1.807, 2.05) is 35.2 Å². The number of carbonyl (C=O) groups is 1. The molecule has 4 nitrogen and oxygen atoms in total. The van der Waals surface area contributed by atoms with Crippen LogP contribution >= 0.6 is 0 Å². The average molecular weight is 302 g/mol. The van der Waals surface area contributed by atoms with Crippen LogP contribution in [0, 0.1) is 0 Å². The summed E-state index contributed by atoms with van der Waals surface area (Å²) >= 11 is 0. The fourth-order valence-electron chi connectivity index (χ4n) is 3.84. The van der Waals surface area contributed by atoms with E-state index in [2.05, 4.69) is 11.9 Å². The van der Waals surface area contributed by atoms with Crippen LogP contribution in [0.5, 0.6) is 0 Å². The third kappa shape index (κ3) is 3.03. The molecule has 0 radical (unpaired) electrons. The van der Waals surface area contributed by atoms with Crippen molar-refractivity contribution < 1.29 is 9.90 Å². The Morgan fingerprint density at radius 3 is 2.64 bits per heavy atom. The molecular formula is C18H26N2O2. The average Bonchev–Trinajstić information content (AvgIpc) is 2.72. The highest BCUT2D eigenvalue weighted by Gasteiger charge is 2.37. The number of fused-ring (bicyclic) bond motifs is 2. The van der Waals surface area contributed by atoms with E-state index in [4.69, 9.17) is 0 Å². The molecule has 2 fully saturated rings. The van der Waals surface area contributed by atoms with Crippen molar-refractivity contribution in [2.45, 2.75) is 50.3 Å². The van der Waals surface area contributed by atoms with Crippen molar-refractivity contribution in [3.05, 3.63) is 35.9 Å². The highest BCUT2D eigenvalue weighted by Crippen LogP contribution is 2.30. The van der Waals surface area contributed by atoms with Gasteiger partial charge in [-0.15, -0.1) is 0 Å². The van der Waals surface area contributed by atoms with Gasteiger partial charge in [-0.05, 0) is 38.8 Å². The van der Waals surface area contributed by atoms with Gasteiger partial charge in [0.25, 0.3) is 0 Å². The quantitative estimate of drug-likeness (QED) is 0.928. The van der Waals surface area contributed by atoms with Crippen molar-refractivity contribution in [1.29, 1.82) is 0 Å². The lowest BCUT2D eigenvalue weighted by atomic mass is 9.92. The van der Waals surface area contributed by atoms with Gasteiger partial charge in [-0.25, -0.2) is 0 Å². The van der Waals surface area contributed by atoms with Gasteiger partial charge in [-0.2, -0.15) is 0 Å². The van der Waals surface area contributed by atoms with Crippen LogP contribution in [0.25, 0.3) is 0 Å². The number of benzene rings is 1. The minimum absolute atomic E-state index is 0.0646. The number of aliphatic hydroxyl groups is 1. The van der Waals surface area contributed by atoms with Crippen LogP contribution in [-0.2, 0) is 10.4 Å². The summed E-state index contributed by atoms with van der Waals surface area (Å²) in [6.45, 7) is 3.35. The van der Waals surface area contributed by atoms with E-state index < -0.39 is 5.60 Å². The first-order valence-corrected chi connectivity index (χ1v) is 8.25. The van der Waals surface area contributed by atoms with Gasteiger partial charge in [-0.1, -0.05) is 30.3 Å². The van der Waals surface area contributed by atoms with E-state index in [0.29, 0.717) is 12.1 Å². The van der Waals surface area contributed by atoms with Crippen molar-refractivity contribution in [3.8, 4) is 0 Å². The van der Waals surface area contributed by atoms with Crippen molar-refractivity contribution in [2.75, 3.05) is 20.1 Å². The molecule has 2 saturated heterocycles. The van der Waals surface area contributed by atoms with Gasteiger partial charge < -0.3 is 10.0 Å². The third-order valence-electron chi connectivity index (χ3n) is 5.39. The molecule has 2 bridgehead atoms. The Balaban J connectivity index is 1.67. The van der Waals surface area contributed by atoms with Crippen LogP contribution in [0.4, 0.5) is 0 Å². The fourth-order valence-corrected chi connectivity index (χ4v) is 3.84. The first-order valence-electron chi connectivity index (χ1n) is 8.25. The summed E-state index contributed by atoms with van der Waals surface area (Å²) in [5.74, 6) is 0.0646. The Morgan fingerprint density at radius 2 is 1.91 bits per heavy atom. The van der Waals surface area contributed by atoms with E-state index in [9.17, 15) is 9.90 Å². The molecule has 1 amide bonds. The molecule has 1 aromatic rings. The molecule has 0 aliphatic carbocycles. The Kier molecular flexibility index (Phi) is 4.24. The van der Waals surface area contributed by atoms with Crippen molar-refractivity contribution in [1.82, 2.24) is 9.80 Å². The maximum absolute atomic E-state index is 12.7. The third-order valence-corrected chi connectivity index (χ3v) is 5.39. The lowest BCUT2D eigenvalue weighted by molar-refractivity contribution is -0.136. The van der Waals surface area contributed by atoms with Crippen LogP contribution < -0.4 is 0 Å². The van der Waals surface area contributed by atoms with Gasteiger partial charge in [0.05, 0.1) is 12.0 Å². The van der Waals surface area contributed by atoms with E-state index >= 15 is 0 Å². The predicted octanol–water partition coefficient (Wildman–Crippen LogP) is 1.98. The molecule has 1 aromatic carbocycles. The van der Waals surface area contributed by atoms with Crippen LogP contribution in [0.1, 0.15) is 38.2 Å². The number of carbonyl (C=O) groups excluding carboxylic acids is 1. The lowest BCUT2D eigenvalue weighted by Crippen LogP contribution is -2.42. The molecule has 1 N–H and O–H groups in total. The monoisotopic (exact) mass is 302 g/mol. The van der Waals surface area contributed by atoms with Crippen molar-refractivity contribution in [3.63, 3.8) is 0 Å². The van der Waals surface area contributed by atoms with Gasteiger partial charge in [0.15, 0.2) is 0 Å². The van der Waals surface area contributed by atoms with E-state index in [-0.39, 0.29) is 12.3 Å². The number of rotatable bonds is 3. The molecule has 2 aliphatic heterocycles. The Morgan fingerprint density at radius 1 is 1.23 bits per heavy atom. The normalized spacial score (nSPS) is 28.2. The highest BCUT2D eigenvalue weighted by molar-refractivity contribution is 5.77. The SMILES string of the molecule is CN1C2CCC1CN(C(=O)CC(C)(O)c1ccccc1)CC2. The highest BCUT2D eigenvalue weighted by atomic mass is 16.3. The molecule has 3 unspecified atom stereocenters. The van der Waals surface area contributed by atoms with Crippen LogP contribution in [0.3, 0.4) is 0 Å². The second-order valence-electron chi connectivity index (χ2n) is 7.00. The van der Waals surface area contributed by atoms with Crippen molar-refractivity contribution >= 4 is 5.91 Å². The Hall–Kier alpha value is -1.39. The molecular weight excluding hydrogens is 276 g/mol. The zero-order valence-electron chi connectivity index (χ0n) is 13.5.